The number of aryl methyl sites for hydroxylation is 2. The number of esters is 1. The van der Waals surface area contributed by atoms with Crippen molar-refractivity contribution in [2.45, 2.75) is 33.1 Å². The lowest BCUT2D eigenvalue weighted by atomic mass is 10.1. The third-order valence-corrected chi connectivity index (χ3v) is 5.30. The summed E-state index contributed by atoms with van der Waals surface area (Å²) < 4.78 is 5.56. The van der Waals surface area contributed by atoms with Crippen LogP contribution in [0.15, 0.2) is 30.3 Å². The van der Waals surface area contributed by atoms with E-state index in [1.54, 1.807) is 12.1 Å². The number of halogens is 1. The van der Waals surface area contributed by atoms with Gasteiger partial charge >= 0.3 is 5.97 Å². The molecule has 0 unspecified atom stereocenters. The number of anilines is 1. The molecule has 2 aromatic rings. The number of Topliss-reactive ketones (excluding diaryl/α,β-unsaturated/α-hetero) is 1. The first-order valence-corrected chi connectivity index (χ1v) is 10.2. The number of ether oxygens (including phenoxy) is 1. The number of ketones is 1. The molecule has 1 amide bonds. The van der Waals surface area contributed by atoms with E-state index < -0.39 is 18.5 Å². The Hall–Kier alpha value is -2.69. The monoisotopic (exact) mass is 432 g/mol. The molecule has 0 spiro atoms. The molecule has 1 aromatic carbocycles. The molecule has 6 nitrogen and oxygen atoms in total. The van der Waals surface area contributed by atoms with E-state index in [0.29, 0.717) is 14.9 Å². The number of thiophene rings is 1. The zero-order valence-corrected chi connectivity index (χ0v) is 17.8. The number of nitrogens with zero attached hydrogens (tertiary/aromatic N) is 2. The summed E-state index contributed by atoms with van der Waals surface area (Å²) in [5.74, 6) is -1.25. The normalized spacial score (nSPS) is 10.3. The van der Waals surface area contributed by atoms with Crippen LogP contribution in [0.5, 0.6) is 0 Å². The van der Waals surface area contributed by atoms with Crippen LogP contribution in [0.2, 0.25) is 4.34 Å². The van der Waals surface area contributed by atoms with Crippen LogP contribution >= 0.6 is 22.9 Å². The number of hydrogen-bond acceptors (Lipinski definition) is 6. The van der Waals surface area contributed by atoms with Gasteiger partial charge in [-0.3, -0.25) is 14.4 Å². The minimum absolute atomic E-state index is 0.0148. The Morgan fingerprint density at radius 3 is 2.41 bits per heavy atom. The average Bonchev–Trinajstić information content (AvgIpc) is 3.10. The highest BCUT2D eigenvalue weighted by molar-refractivity contribution is 7.18. The molecule has 152 valence electrons. The maximum absolute atomic E-state index is 12.6. The Morgan fingerprint density at radius 1 is 1.14 bits per heavy atom. The molecule has 1 heterocycles. The zero-order chi connectivity index (χ0) is 21.4. The summed E-state index contributed by atoms with van der Waals surface area (Å²) in [7, 11) is 0. The number of nitriles is 1. The van der Waals surface area contributed by atoms with Gasteiger partial charge in [-0.1, -0.05) is 17.7 Å². The van der Waals surface area contributed by atoms with Crippen molar-refractivity contribution in [1.82, 2.24) is 0 Å². The van der Waals surface area contributed by atoms with Gasteiger partial charge in [-0.05, 0) is 49.2 Å². The average molecular weight is 433 g/mol. The third kappa shape index (κ3) is 7.00. The molecule has 0 bridgehead atoms. The molecule has 29 heavy (non-hydrogen) atoms. The lowest BCUT2D eigenvalue weighted by molar-refractivity contribution is -0.147. The SMILES string of the molecule is Cc1cc(C)cc(N(CCC#N)C(=O)COC(=O)CCC(=O)c2ccc(Cl)s2)c1. The second-order valence-corrected chi connectivity index (χ2v) is 8.20. The van der Waals surface area contributed by atoms with Gasteiger partial charge < -0.3 is 9.64 Å². The molecule has 8 heteroatoms. The first-order valence-electron chi connectivity index (χ1n) is 9.00. The van der Waals surface area contributed by atoms with Crippen molar-refractivity contribution < 1.29 is 19.1 Å². The summed E-state index contributed by atoms with van der Waals surface area (Å²) in [6.45, 7) is 3.59. The first kappa shape index (κ1) is 22.6. The van der Waals surface area contributed by atoms with Gasteiger partial charge in [-0.15, -0.1) is 11.3 Å². The van der Waals surface area contributed by atoms with Gasteiger partial charge in [0.05, 0.1) is 28.1 Å². The van der Waals surface area contributed by atoms with Crippen molar-refractivity contribution in [3.63, 3.8) is 0 Å². The second kappa shape index (κ2) is 10.7. The highest BCUT2D eigenvalue weighted by atomic mass is 35.5. The number of benzene rings is 1. The lowest BCUT2D eigenvalue weighted by Gasteiger charge is -2.22. The molecule has 0 saturated carbocycles. The number of hydrogen-bond donors (Lipinski definition) is 0. The quantitative estimate of drug-likeness (QED) is 0.431. The molecule has 0 saturated heterocycles. The summed E-state index contributed by atoms with van der Waals surface area (Å²) in [5.41, 5.74) is 2.63. The predicted octanol–water partition coefficient (Wildman–Crippen LogP) is 4.47. The molecular weight excluding hydrogens is 412 g/mol. The van der Waals surface area contributed by atoms with Crippen molar-refractivity contribution in [1.29, 1.82) is 5.26 Å². The Kier molecular flexibility index (Phi) is 8.37. The molecule has 0 aliphatic heterocycles. The standard InChI is InChI=1S/C21H21ClN2O4S/c1-14-10-15(2)12-16(11-14)24(9-3-8-23)20(26)13-28-21(27)7-4-17(25)18-5-6-19(22)29-18/h5-6,10-12H,3-4,7,9,13H2,1-2H3. The van der Waals surface area contributed by atoms with Gasteiger partial charge in [0.25, 0.3) is 5.91 Å². The third-order valence-electron chi connectivity index (χ3n) is 4.03. The van der Waals surface area contributed by atoms with Crippen molar-refractivity contribution in [3.05, 3.63) is 50.7 Å². The van der Waals surface area contributed by atoms with E-state index >= 15 is 0 Å². The largest absolute Gasteiger partial charge is 0.456 e. The van der Waals surface area contributed by atoms with E-state index in [4.69, 9.17) is 21.6 Å². The molecule has 0 radical (unpaired) electrons. The fourth-order valence-electron chi connectivity index (χ4n) is 2.76. The summed E-state index contributed by atoms with van der Waals surface area (Å²) >= 11 is 6.95. The predicted molar refractivity (Wildman–Crippen MR) is 112 cm³/mol. The first-order chi connectivity index (χ1) is 13.8. The summed E-state index contributed by atoms with van der Waals surface area (Å²) in [6.07, 6.45) is 0.0209. The van der Waals surface area contributed by atoms with Crippen LogP contribution in [-0.2, 0) is 14.3 Å². The number of carbonyl (C=O) groups excluding carboxylic acids is 3. The lowest BCUT2D eigenvalue weighted by Crippen LogP contribution is -2.35. The van der Waals surface area contributed by atoms with E-state index in [0.717, 1.165) is 22.5 Å². The van der Waals surface area contributed by atoms with Gasteiger partial charge in [0.15, 0.2) is 12.4 Å². The summed E-state index contributed by atoms with van der Waals surface area (Å²) in [5, 5.41) is 8.88. The minimum Gasteiger partial charge on any atom is -0.456 e. The van der Waals surface area contributed by atoms with Crippen molar-refractivity contribution in [2.75, 3.05) is 18.1 Å². The number of rotatable bonds is 9. The maximum atomic E-state index is 12.6. The Balaban J connectivity index is 1.92. The smallest absolute Gasteiger partial charge is 0.306 e. The van der Waals surface area contributed by atoms with Gasteiger partial charge in [0.1, 0.15) is 0 Å². The van der Waals surface area contributed by atoms with Crippen molar-refractivity contribution in [3.8, 4) is 6.07 Å². The summed E-state index contributed by atoms with van der Waals surface area (Å²) in [6, 6.07) is 10.9. The van der Waals surface area contributed by atoms with Gasteiger partial charge in [0.2, 0.25) is 0 Å². The van der Waals surface area contributed by atoms with Crippen LogP contribution in [-0.4, -0.2) is 30.8 Å². The number of amides is 1. The van der Waals surface area contributed by atoms with Crippen LogP contribution < -0.4 is 4.90 Å². The molecule has 0 aliphatic rings. The zero-order valence-electron chi connectivity index (χ0n) is 16.2. The molecular formula is C21H21ClN2O4S. The fraction of sp³-hybridized carbons (Fsp3) is 0.333. The Bertz CT molecular complexity index is 928. The molecule has 0 aliphatic carbocycles. The van der Waals surface area contributed by atoms with E-state index in [1.165, 1.54) is 4.90 Å². The van der Waals surface area contributed by atoms with E-state index in [2.05, 4.69) is 0 Å². The Morgan fingerprint density at radius 2 is 1.83 bits per heavy atom. The maximum Gasteiger partial charge on any atom is 0.306 e. The van der Waals surface area contributed by atoms with Crippen LogP contribution in [0.3, 0.4) is 0 Å². The number of carbonyl (C=O) groups is 3. The van der Waals surface area contributed by atoms with Crippen LogP contribution in [0.25, 0.3) is 0 Å². The Labute approximate surface area is 178 Å². The fourth-order valence-corrected chi connectivity index (χ4v) is 3.77. The van der Waals surface area contributed by atoms with Gasteiger partial charge in [-0.2, -0.15) is 5.26 Å². The van der Waals surface area contributed by atoms with E-state index in [1.807, 2.05) is 38.1 Å². The molecule has 0 N–H and O–H groups in total. The highest BCUT2D eigenvalue weighted by Crippen LogP contribution is 2.23. The van der Waals surface area contributed by atoms with Crippen LogP contribution in [0.1, 0.15) is 40.1 Å². The van der Waals surface area contributed by atoms with Crippen LogP contribution in [0, 0.1) is 25.2 Å². The minimum atomic E-state index is -0.630. The van der Waals surface area contributed by atoms with E-state index in [9.17, 15) is 14.4 Å². The topological polar surface area (TPSA) is 87.5 Å². The summed E-state index contributed by atoms with van der Waals surface area (Å²) in [4.78, 5) is 38.5. The molecule has 1 aromatic heterocycles. The van der Waals surface area contributed by atoms with Crippen molar-refractivity contribution >= 4 is 46.3 Å². The van der Waals surface area contributed by atoms with Gasteiger partial charge in [0, 0.05) is 18.7 Å². The van der Waals surface area contributed by atoms with E-state index in [-0.39, 0.29) is 31.6 Å². The van der Waals surface area contributed by atoms with Gasteiger partial charge in [-0.25, -0.2) is 0 Å². The highest BCUT2D eigenvalue weighted by Gasteiger charge is 2.19. The van der Waals surface area contributed by atoms with Crippen LogP contribution in [0.4, 0.5) is 5.69 Å². The molecule has 2 rings (SSSR count). The molecule has 0 atom stereocenters. The van der Waals surface area contributed by atoms with Crippen molar-refractivity contribution in [2.24, 2.45) is 0 Å². The second-order valence-electron chi connectivity index (χ2n) is 6.49. The molecule has 0 fully saturated rings.